The number of hydrogen-bond donors (Lipinski definition) is 3. The molecule has 25 heavy (non-hydrogen) atoms. The van der Waals surface area contributed by atoms with Crippen LogP contribution in [0.4, 0.5) is 4.79 Å². The molecule has 1 aromatic carbocycles. The van der Waals surface area contributed by atoms with Gasteiger partial charge in [0.15, 0.2) is 0 Å². The Hall–Kier alpha value is -2.80. The molecule has 134 valence electrons. The zero-order chi connectivity index (χ0) is 18.2. The summed E-state index contributed by atoms with van der Waals surface area (Å²) in [5.41, 5.74) is 1.30. The van der Waals surface area contributed by atoms with Crippen LogP contribution in [-0.2, 0) is 0 Å². The minimum absolute atomic E-state index is 0.0320. The van der Waals surface area contributed by atoms with Gasteiger partial charge in [-0.25, -0.2) is 4.79 Å². The van der Waals surface area contributed by atoms with Gasteiger partial charge in [0.25, 0.3) is 0 Å². The molecule has 0 radical (unpaired) electrons. The molecule has 0 spiro atoms. The first-order valence-corrected chi connectivity index (χ1v) is 7.90. The maximum Gasteiger partial charge on any atom is 0.315 e. The molecule has 0 aliphatic carbocycles. The second kappa shape index (κ2) is 8.89. The number of nitrogens with one attached hydrogen (secondary N) is 2. The van der Waals surface area contributed by atoms with Crippen LogP contribution in [0.2, 0.25) is 0 Å². The van der Waals surface area contributed by atoms with Gasteiger partial charge in [0.1, 0.15) is 17.6 Å². The molecule has 2 amide bonds. The van der Waals surface area contributed by atoms with Crippen molar-refractivity contribution in [1.82, 2.24) is 15.6 Å². The third kappa shape index (κ3) is 5.09. The zero-order valence-corrected chi connectivity index (χ0v) is 14.5. The van der Waals surface area contributed by atoms with Crippen LogP contribution in [0, 0.1) is 0 Å². The Morgan fingerprint density at radius 2 is 2.04 bits per heavy atom. The lowest BCUT2D eigenvalue weighted by molar-refractivity contribution is 0.168. The number of amides is 2. The Labute approximate surface area is 147 Å². The van der Waals surface area contributed by atoms with Gasteiger partial charge in [-0.05, 0) is 37.3 Å². The number of ether oxygens (including phenoxy) is 2. The van der Waals surface area contributed by atoms with E-state index in [0.29, 0.717) is 17.1 Å². The van der Waals surface area contributed by atoms with Crippen molar-refractivity contribution in [1.29, 1.82) is 0 Å². The predicted octanol–water partition coefficient (Wildman–Crippen LogP) is 2.19. The maximum absolute atomic E-state index is 12.0. The van der Waals surface area contributed by atoms with Gasteiger partial charge in [0.05, 0.1) is 26.0 Å². The van der Waals surface area contributed by atoms with Crippen LogP contribution in [0.5, 0.6) is 11.5 Å². The van der Waals surface area contributed by atoms with Gasteiger partial charge in [0.2, 0.25) is 0 Å². The summed E-state index contributed by atoms with van der Waals surface area (Å²) in [5, 5.41) is 15.8. The van der Waals surface area contributed by atoms with Crippen molar-refractivity contribution in [2.75, 3.05) is 20.8 Å². The number of urea groups is 1. The Balaban J connectivity index is 1.93. The molecule has 0 aliphatic rings. The van der Waals surface area contributed by atoms with E-state index in [1.807, 2.05) is 25.1 Å². The summed E-state index contributed by atoms with van der Waals surface area (Å²) in [6.45, 7) is 1.87. The molecule has 1 aromatic heterocycles. The minimum atomic E-state index is -0.930. The number of aromatic nitrogens is 1. The number of methoxy groups -OCH3 is 2. The van der Waals surface area contributed by atoms with Crippen molar-refractivity contribution < 1.29 is 19.4 Å². The van der Waals surface area contributed by atoms with Gasteiger partial charge in [-0.3, -0.25) is 4.98 Å². The lowest BCUT2D eigenvalue weighted by atomic mass is 10.1. The normalized spacial score (nSPS) is 12.8. The highest BCUT2D eigenvalue weighted by Gasteiger charge is 2.16. The number of carbonyl (C=O) groups is 1. The summed E-state index contributed by atoms with van der Waals surface area (Å²) in [4.78, 5) is 16.2. The van der Waals surface area contributed by atoms with Crippen LogP contribution < -0.4 is 20.1 Å². The number of nitrogens with zero attached hydrogens (tertiary/aromatic N) is 1. The highest BCUT2D eigenvalue weighted by Crippen LogP contribution is 2.29. The molecule has 0 fully saturated rings. The topological polar surface area (TPSA) is 92.7 Å². The molecule has 0 saturated heterocycles. The molecule has 2 atom stereocenters. The first kappa shape index (κ1) is 18.5. The molecule has 0 aliphatic heterocycles. The number of aliphatic hydroxyl groups excluding tert-OH is 1. The summed E-state index contributed by atoms with van der Waals surface area (Å²) in [5.74, 6) is 1.13. The van der Waals surface area contributed by atoms with Crippen LogP contribution in [0.25, 0.3) is 0 Å². The van der Waals surface area contributed by atoms with Crippen molar-refractivity contribution in [3.63, 3.8) is 0 Å². The van der Waals surface area contributed by atoms with Gasteiger partial charge >= 0.3 is 6.03 Å². The first-order chi connectivity index (χ1) is 12.0. The van der Waals surface area contributed by atoms with E-state index in [1.165, 1.54) is 7.11 Å². The summed E-state index contributed by atoms with van der Waals surface area (Å²) in [6, 6.07) is 10.00. The molecule has 2 rings (SSSR count). The van der Waals surface area contributed by atoms with Gasteiger partial charge in [-0.2, -0.15) is 0 Å². The van der Waals surface area contributed by atoms with Gasteiger partial charge in [-0.1, -0.05) is 6.07 Å². The summed E-state index contributed by atoms with van der Waals surface area (Å²) in [6.07, 6.45) is 0.741. The number of carbonyl (C=O) groups excluding carboxylic acids is 1. The van der Waals surface area contributed by atoms with Crippen molar-refractivity contribution in [2.45, 2.75) is 19.1 Å². The number of hydrogen-bond acceptors (Lipinski definition) is 5. The lowest BCUT2D eigenvalue weighted by Gasteiger charge is -2.18. The second-order valence-electron chi connectivity index (χ2n) is 5.45. The SMILES string of the molecule is COc1ccc(OC)c(C(O)CNC(=O)NC(C)c2ccccn2)c1. The Morgan fingerprint density at radius 3 is 2.68 bits per heavy atom. The van der Waals surface area contributed by atoms with E-state index < -0.39 is 6.10 Å². The third-order valence-electron chi connectivity index (χ3n) is 3.73. The number of benzene rings is 1. The zero-order valence-electron chi connectivity index (χ0n) is 14.5. The van der Waals surface area contributed by atoms with Gasteiger partial charge < -0.3 is 25.2 Å². The average Bonchev–Trinajstić information content (AvgIpc) is 2.66. The smallest absolute Gasteiger partial charge is 0.315 e. The number of pyridine rings is 1. The fraction of sp³-hybridized carbons (Fsp3) is 0.333. The Morgan fingerprint density at radius 1 is 1.24 bits per heavy atom. The quantitative estimate of drug-likeness (QED) is 0.715. The van der Waals surface area contributed by atoms with Gasteiger partial charge in [-0.15, -0.1) is 0 Å². The van der Waals surface area contributed by atoms with Crippen molar-refractivity contribution in [2.24, 2.45) is 0 Å². The molecule has 7 heteroatoms. The van der Waals surface area contributed by atoms with E-state index in [9.17, 15) is 9.90 Å². The van der Waals surface area contributed by atoms with Crippen LogP contribution in [0.1, 0.15) is 30.3 Å². The third-order valence-corrected chi connectivity index (χ3v) is 3.73. The van der Waals surface area contributed by atoms with Crippen LogP contribution in [0.3, 0.4) is 0 Å². The van der Waals surface area contributed by atoms with E-state index in [2.05, 4.69) is 15.6 Å². The fourth-order valence-electron chi connectivity index (χ4n) is 2.35. The molecule has 2 unspecified atom stereocenters. The number of rotatable bonds is 7. The molecule has 3 N–H and O–H groups in total. The molecule has 0 bridgehead atoms. The standard InChI is InChI=1S/C18H23N3O4/c1-12(15-6-4-5-9-19-15)21-18(23)20-11-16(22)14-10-13(24-2)7-8-17(14)25-3/h4-10,12,16,22H,11H2,1-3H3,(H2,20,21,23). The average molecular weight is 345 g/mol. The van der Waals surface area contributed by atoms with Crippen molar-refractivity contribution in [3.8, 4) is 11.5 Å². The Kier molecular flexibility index (Phi) is 6.59. The predicted molar refractivity (Wildman–Crippen MR) is 93.7 cm³/mol. The lowest BCUT2D eigenvalue weighted by Crippen LogP contribution is -2.39. The van der Waals surface area contributed by atoms with E-state index in [1.54, 1.807) is 31.5 Å². The van der Waals surface area contributed by atoms with Crippen molar-refractivity contribution in [3.05, 3.63) is 53.9 Å². The molecule has 7 nitrogen and oxygen atoms in total. The highest BCUT2D eigenvalue weighted by molar-refractivity contribution is 5.74. The van der Waals surface area contributed by atoms with E-state index >= 15 is 0 Å². The number of aliphatic hydroxyl groups is 1. The van der Waals surface area contributed by atoms with E-state index in [0.717, 1.165) is 5.69 Å². The molecule has 0 saturated carbocycles. The monoisotopic (exact) mass is 345 g/mol. The van der Waals surface area contributed by atoms with Crippen LogP contribution >= 0.6 is 0 Å². The minimum Gasteiger partial charge on any atom is -0.497 e. The van der Waals surface area contributed by atoms with E-state index in [-0.39, 0.29) is 18.6 Å². The molecule has 2 aromatic rings. The van der Waals surface area contributed by atoms with E-state index in [4.69, 9.17) is 9.47 Å². The summed E-state index contributed by atoms with van der Waals surface area (Å²) < 4.78 is 10.4. The maximum atomic E-state index is 12.0. The summed E-state index contributed by atoms with van der Waals surface area (Å²) >= 11 is 0. The first-order valence-electron chi connectivity index (χ1n) is 7.90. The fourth-order valence-corrected chi connectivity index (χ4v) is 2.35. The highest BCUT2D eigenvalue weighted by atomic mass is 16.5. The Bertz CT molecular complexity index is 694. The molecular weight excluding hydrogens is 322 g/mol. The molecular formula is C18H23N3O4. The summed E-state index contributed by atoms with van der Waals surface area (Å²) in [7, 11) is 3.06. The molecule has 1 heterocycles. The van der Waals surface area contributed by atoms with Crippen LogP contribution in [-0.4, -0.2) is 36.9 Å². The largest absolute Gasteiger partial charge is 0.497 e. The van der Waals surface area contributed by atoms with Crippen molar-refractivity contribution >= 4 is 6.03 Å². The van der Waals surface area contributed by atoms with Crippen LogP contribution in [0.15, 0.2) is 42.6 Å². The second-order valence-corrected chi connectivity index (χ2v) is 5.45. The van der Waals surface area contributed by atoms with Gasteiger partial charge in [0, 0.05) is 18.3 Å².